The lowest BCUT2D eigenvalue weighted by atomic mass is 10.1. The second-order valence-corrected chi connectivity index (χ2v) is 6.82. The van der Waals surface area contributed by atoms with Gasteiger partial charge in [0.25, 0.3) is 5.56 Å². The minimum absolute atomic E-state index is 0.168. The van der Waals surface area contributed by atoms with E-state index in [4.69, 9.17) is 0 Å². The van der Waals surface area contributed by atoms with Gasteiger partial charge in [0.1, 0.15) is 0 Å². The van der Waals surface area contributed by atoms with Crippen LogP contribution in [-0.4, -0.2) is 15.3 Å². The third-order valence-corrected chi connectivity index (χ3v) is 5.32. The normalized spacial score (nSPS) is 12.6. The van der Waals surface area contributed by atoms with Gasteiger partial charge in [0.05, 0.1) is 22.2 Å². The van der Waals surface area contributed by atoms with E-state index < -0.39 is 0 Å². The Morgan fingerprint density at radius 2 is 1.82 bits per heavy atom. The van der Waals surface area contributed by atoms with Gasteiger partial charge in [-0.3, -0.25) is 14.2 Å². The number of carbonyl (C=O) groups is 1. The number of aromatic nitrogens is 2. The van der Waals surface area contributed by atoms with Crippen LogP contribution in [0.15, 0.2) is 44.1 Å². The number of nitrogens with zero attached hydrogens (tertiary/aromatic N) is 2. The van der Waals surface area contributed by atoms with Crippen molar-refractivity contribution >= 4 is 48.5 Å². The van der Waals surface area contributed by atoms with Gasteiger partial charge in [-0.25, -0.2) is 4.98 Å². The smallest absolute Gasteiger partial charge is 0.266 e. The second kappa shape index (κ2) is 4.60. The Kier molecular flexibility index (Phi) is 2.90. The first kappa shape index (κ1) is 13.8. The summed E-state index contributed by atoms with van der Waals surface area (Å²) >= 11 is 6.88. The summed E-state index contributed by atoms with van der Waals surface area (Å²) in [4.78, 5) is 29.9. The van der Waals surface area contributed by atoms with Crippen molar-refractivity contribution in [3.8, 4) is 5.69 Å². The highest BCUT2D eigenvalue weighted by molar-refractivity contribution is 9.11. The lowest BCUT2D eigenvalue weighted by Crippen LogP contribution is -2.22. The molecule has 0 radical (unpaired) electrons. The van der Waals surface area contributed by atoms with E-state index in [0.717, 1.165) is 10.0 Å². The van der Waals surface area contributed by atoms with Crippen LogP contribution in [-0.2, 0) is 0 Å². The quantitative estimate of drug-likeness (QED) is 0.436. The number of carbonyl (C=O) groups excluding carboxylic acids is 1. The van der Waals surface area contributed by atoms with Gasteiger partial charge in [0.2, 0.25) is 5.78 Å². The van der Waals surface area contributed by atoms with E-state index in [9.17, 15) is 9.59 Å². The number of hydrogen-bond acceptors (Lipinski definition) is 3. The number of fused-ring (bicyclic) bond motifs is 4. The van der Waals surface area contributed by atoms with E-state index in [2.05, 4.69) is 36.8 Å². The van der Waals surface area contributed by atoms with Crippen molar-refractivity contribution in [2.45, 2.75) is 6.92 Å². The molecule has 0 saturated carbocycles. The molecular formula is C16H8Br2N2O2. The first-order valence-corrected chi connectivity index (χ1v) is 8.14. The number of rotatable bonds is 0. The Balaban J connectivity index is 2.26. The fourth-order valence-electron chi connectivity index (χ4n) is 2.80. The molecule has 2 heterocycles. The molecule has 108 valence electrons. The molecule has 6 heteroatoms. The van der Waals surface area contributed by atoms with Crippen molar-refractivity contribution < 1.29 is 4.79 Å². The molecule has 0 unspecified atom stereocenters. The van der Waals surface area contributed by atoms with E-state index in [1.165, 1.54) is 4.57 Å². The molecule has 0 bridgehead atoms. The Morgan fingerprint density at radius 3 is 2.59 bits per heavy atom. The van der Waals surface area contributed by atoms with Gasteiger partial charge < -0.3 is 0 Å². The monoisotopic (exact) mass is 418 g/mol. The molecule has 2 aromatic carbocycles. The molecule has 1 aliphatic heterocycles. The minimum atomic E-state index is -0.224. The van der Waals surface area contributed by atoms with E-state index in [1.54, 1.807) is 18.2 Å². The lowest BCUT2D eigenvalue weighted by molar-refractivity contribution is 0.103. The van der Waals surface area contributed by atoms with Crippen molar-refractivity contribution in [2.24, 2.45) is 0 Å². The summed E-state index contributed by atoms with van der Waals surface area (Å²) in [6.45, 7) is 1.86. The largest absolute Gasteiger partial charge is 0.285 e. The molecule has 0 saturated heterocycles. The summed E-state index contributed by atoms with van der Waals surface area (Å²) < 4.78 is 2.92. The van der Waals surface area contributed by atoms with Gasteiger partial charge >= 0.3 is 0 Å². The number of hydrogen-bond donors (Lipinski definition) is 0. The molecular weight excluding hydrogens is 412 g/mol. The van der Waals surface area contributed by atoms with Crippen molar-refractivity contribution in [3.63, 3.8) is 0 Å². The molecule has 4 nitrogen and oxygen atoms in total. The van der Waals surface area contributed by atoms with Crippen LogP contribution in [0.1, 0.15) is 21.7 Å². The highest BCUT2D eigenvalue weighted by Gasteiger charge is 2.30. The van der Waals surface area contributed by atoms with Crippen LogP contribution in [0.5, 0.6) is 0 Å². The SMILES string of the molecule is Cc1c(Br)cc(Br)c2nc3n(c(=O)c12)-c1ccccc1C3=O. The lowest BCUT2D eigenvalue weighted by Gasteiger charge is -2.10. The molecule has 0 fully saturated rings. The molecule has 0 amide bonds. The maximum atomic E-state index is 13.0. The number of aryl methyl sites for hydroxylation is 1. The molecule has 1 aromatic heterocycles. The molecule has 0 atom stereocenters. The standard InChI is InChI=1S/C16H8Br2N2O2/c1-7-9(17)6-10(18)13-12(7)16(22)20-11-5-3-2-4-8(11)14(21)15(20)19-13/h2-6H,1H3. The molecule has 3 aromatic rings. The predicted molar refractivity (Wildman–Crippen MR) is 90.9 cm³/mol. The summed E-state index contributed by atoms with van der Waals surface area (Å²) in [5.74, 6) is -0.0526. The highest BCUT2D eigenvalue weighted by atomic mass is 79.9. The number of halogens is 2. The van der Waals surface area contributed by atoms with Crippen LogP contribution in [0.2, 0.25) is 0 Å². The fourth-order valence-corrected chi connectivity index (χ4v) is 4.05. The Labute approximate surface area is 142 Å². The van der Waals surface area contributed by atoms with Crippen LogP contribution in [0.3, 0.4) is 0 Å². The maximum Gasteiger partial charge on any atom is 0.266 e. The van der Waals surface area contributed by atoms with Crippen molar-refractivity contribution in [1.82, 2.24) is 9.55 Å². The van der Waals surface area contributed by atoms with Gasteiger partial charge in [-0.1, -0.05) is 28.1 Å². The van der Waals surface area contributed by atoms with Crippen molar-refractivity contribution in [2.75, 3.05) is 0 Å². The van der Waals surface area contributed by atoms with E-state index in [-0.39, 0.29) is 17.2 Å². The molecule has 0 N–H and O–H groups in total. The fraction of sp³-hybridized carbons (Fsp3) is 0.0625. The summed E-state index contributed by atoms with van der Waals surface area (Å²) in [6, 6.07) is 8.91. The second-order valence-electron chi connectivity index (χ2n) is 5.11. The molecule has 1 aliphatic rings. The van der Waals surface area contributed by atoms with Crippen LogP contribution in [0, 0.1) is 6.92 Å². The number of para-hydroxylation sites is 1. The summed E-state index contributed by atoms with van der Waals surface area (Å²) in [5, 5.41) is 0.509. The van der Waals surface area contributed by atoms with E-state index in [0.29, 0.717) is 26.6 Å². The predicted octanol–water partition coefficient (Wildman–Crippen LogP) is 3.76. The van der Waals surface area contributed by atoms with Crippen molar-refractivity contribution in [1.29, 1.82) is 0 Å². The van der Waals surface area contributed by atoms with Crippen LogP contribution in [0.25, 0.3) is 16.6 Å². The summed E-state index contributed by atoms with van der Waals surface area (Å²) in [6.07, 6.45) is 0. The van der Waals surface area contributed by atoms with Gasteiger partial charge in [-0.05, 0) is 46.6 Å². The Morgan fingerprint density at radius 1 is 1.09 bits per heavy atom. The van der Waals surface area contributed by atoms with Crippen molar-refractivity contribution in [3.05, 3.63) is 66.6 Å². The average Bonchev–Trinajstić information content (AvgIpc) is 2.79. The van der Waals surface area contributed by atoms with Gasteiger partial charge in [-0.15, -0.1) is 0 Å². The first-order chi connectivity index (χ1) is 10.5. The van der Waals surface area contributed by atoms with E-state index >= 15 is 0 Å². The molecule has 0 spiro atoms. The molecule has 4 rings (SSSR count). The van der Waals surface area contributed by atoms with E-state index in [1.807, 2.05) is 19.1 Å². The third-order valence-electron chi connectivity index (χ3n) is 3.89. The maximum absolute atomic E-state index is 13.0. The van der Waals surface area contributed by atoms with Crippen LogP contribution < -0.4 is 5.56 Å². The zero-order valence-corrected chi connectivity index (χ0v) is 14.5. The Bertz CT molecular complexity index is 1050. The number of benzene rings is 2. The van der Waals surface area contributed by atoms with Gasteiger partial charge in [0.15, 0.2) is 5.82 Å². The van der Waals surface area contributed by atoms with Crippen LogP contribution >= 0.6 is 31.9 Å². The number of ketones is 1. The van der Waals surface area contributed by atoms with Gasteiger partial charge in [0, 0.05) is 8.95 Å². The van der Waals surface area contributed by atoms with Gasteiger partial charge in [-0.2, -0.15) is 0 Å². The zero-order chi connectivity index (χ0) is 15.6. The first-order valence-electron chi connectivity index (χ1n) is 6.56. The molecule has 0 aliphatic carbocycles. The minimum Gasteiger partial charge on any atom is -0.285 e. The average molecular weight is 420 g/mol. The topological polar surface area (TPSA) is 52.0 Å². The highest BCUT2D eigenvalue weighted by Crippen LogP contribution is 2.32. The Hall–Kier alpha value is -1.79. The summed E-state index contributed by atoms with van der Waals surface area (Å²) in [5.41, 5.74) is 2.20. The van der Waals surface area contributed by atoms with Crippen LogP contribution in [0.4, 0.5) is 0 Å². The molecule has 22 heavy (non-hydrogen) atoms. The third kappa shape index (κ3) is 1.65. The summed E-state index contributed by atoms with van der Waals surface area (Å²) in [7, 11) is 0. The zero-order valence-electron chi connectivity index (χ0n) is 11.4.